The van der Waals surface area contributed by atoms with Crippen LogP contribution in [0.5, 0.6) is 0 Å². The van der Waals surface area contributed by atoms with Crippen molar-refractivity contribution in [2.45, 2.75) is 32.4 Å². The van der Waals surface area contributed by atoms with E-state index in [2.05, 4.69) is 15.3 Å². The molecule has 2 aliphatic heterocycles. The first kappa shape index (κ1) is 20.6. The molecule has 1 aromatic carbocycles. The fourth-order valence-corrected chi connectivity index (χ4v) is 4.11. The average Bonchev–Trinajstić information content (AvgIpc) is 3.19. The van der Waals surface area contributed by atoms with Gasteiger partial charge < -0.3 is 10.2 Å². The zero-order chi connectivity index (χ0) is 20.9. The summed E-state index contributed by atoms with van der Waals surface area (Å²) in [5.74, 6) is -0.309. The molecule has 0 unspecified atom stereocenters. The Morgan fingerprint density at radius 3 is 2.70 bits per heavy atom. The first-order valence-electron chi connectivity index (χ1n) is 10.4. The van der Waals surface area contributed by atoms with Gasteiger partial charge >= 0.3 is 0 Å². The van der Waals surface area contributed by atoms with Crippen molar-refractivity contribution < 1.29 is 9.59 Å². The molecular formula is C22H26ClN5O2. The van der Waals surface area contributed by atoms with Crippen LogP contribution in [0.4, 0.5) is 5.69 Å². The van der Waals surface area contributed by atoms with E-state index in [4.69, 9.17) is 11.6 Å². The molecule has 0 spiro atoms. The van der Waals surface area contributed by atoms with Gasteiger partial charge in [-0.2, -0.15) is 5.10 Å². The predicted molar refractivity (Wildman–Crippen MR) is 116 cm³/mol. The van der Waals surface area contributed by atoms with E-state index < -0.39 is 0 Å². The van der Waals surface area contributed by atoms with Gasteiger partial charge in [0.15, 0.2) is 0 Å². The summed E-state index contributed by atoms with van der Waals surface area (Å²) >= 11 is 6.14. The quantitative estimate of drug-likeness (QED) is 0.744. The third-order valence-corrected chi connectivity index (χ3v) is 5.95. The minimum Gasteiger partial charge on any atom is -0.331 e. The normalized spacial score (nSPS) is 17.2. The van der Waals surface area contributed by atoms with Crippen molar-refractivity contribution in [3.05, 3.63) is 58.9 Å². The van der Waals surface area contributed by atoms with Gasteiger partial charge in [-0.3, -0.25) is 19.2 Å². The Bertz CT molecular complexity index is 949. The van der Waals surface area contributed by atoms with Gasteiger partial charge in [-0.05, 0) is 38.1 Å². The van der Waals surface area contributed by atoms with E-state index in [1.165, 1.54) is 19.3 Å². The number of piperidine rings is 1. The molecule has 4 rings (SSSR count). The molecule has 0 atom stereocenters. The van der Waals surface area contributed by atoms with Crippen LogP contribution in [-0.4, -0.2) is 57.6 Å². The number of carbonyl (C=O) groups is 2. The Kier molecular flexibility index (Phi) is 6.50. The maximum absolute atomic E-state index is 12.8. The number of amides is 2. The molecule has 158 valence electrons. The minimum atomic E-state index is -0.278. The smallest absolute Gasteiger partial charge is 0.259 e. The van der Waals surface area contributed by atoms with Crippen LogP contribution >= 0.6 is 11.6 Å². The van der Waals surface area contributed by atoms with Gasteiger partial charge in [-0.15, -0.1) is 0 Å². The second-order valence-electron chi connectivity index (χ2n) is 7.69. The molecule has 1 fully saturated rings. The highest BCUT2D eigenvalue weighted by Crippen LogP contribution is 2.23. The Morgan fingerprint density at radius 1 is 1.10 bits per heavy atom. The predicted octanol–water partition coefficient (Wildman–Crippen LogP) is 3.17. The summed E-state index contributed by atoms with van der Waals surface area (Å²) < 4.78 is 1.79. The van der Waals surface area contributed by atoms with Gasteiger partial charge in [-0.25, -0.2) is 0 Å². The molecule has 1 saturated heterocycles. The average molecular weight is 428 g/mol. The molecule has 2 aliphatic rings. The van der Waals surface area contributed by atoms with Crippen LogP contribution in [0.3, 0.4) is 0 Å². The number of anilines is 1. The van der Waals surface area contributed by atoms with Crippen molar-refractivity contribution in [2.24, 2.45) is 0 Å². The van der Waals surface area contributed by atoms with Crippen molar-refractivity contribution in [1.82, 2.24) is 19.6 Å². The number of para-hydroxylation sites is 1. The molecule has 2 amide bonds. The van der Waals surface area contributed by atoms with E-state index in [1.807, 2.05) is 18.2 Å². The number of hydrogen-bond donors (Lipinski definition) is 1. The molecule has 1 aromatic heterocycles. The molecular weight excluding hydrogens is 402 g/mol. The van der Waals surface area contributed by atoms with E-state index in [0.29, 0.717) is 35.9 Å². The summed E-state index contributed by atoms with van der Waals surface area (Å²) in [6.45, 7) is 4.52. The minimum absolute atomic E-state index is 0.0306. The summed E-state index contributed by atoms with van der Waals surface area (Å²) in [5.41, 5.74) is 1.75. The van der Waals surface area contributed by atoms with Crippen LogP contribution in [0, 0.1) is 0 Å². The highest BCUT2D eigenvalue weighted by molar-refractivity contribution is 6.33. The number of likely N-dealkylation sites (tertiary alicyclic amines) is 1. The van der Waals surface area contributed by atoms with Crippen molar-refractivity contribution in [1.29, 1.82) is 0 Å². The largest absolute Gasteiger partial charge is 0.331 e. The van der Waals surface area contributed by atoms with Crippen molar-refractivity contribution in [3.8, 4) is 0 Å². The zero-order valence-corrected chi connectivity index (χ0v) is 17.6. The van der Waals surface area contributed by atoms with Crippen LogP contribution in [0.2, 0.25) is 5.02 Å². The fourth-order valence-electron chi connectivity index (χ4n) is 3.93. The highest BCUT2D eigenvalue weighted by Gasteiger charge is 2.26. The fraction of sp³-hybridized carbons (Fsp3) is 0.409. The lowest BCUT2D eigenvalue weighted by Crippen LogP contribution is -2.38. The molecule has 30 heavy (non-hydrogen) atoms. The number of fused-ring (bicyclic) bond motifs is 1. The van der Waals surface area contributed by atoms with Crippen LogP contribution in [-0.2, 0) is 17.9 Å². The van der Waals surface area contributed by atoms with Crippen molar-refractivity contribution in [3.63, 3.8) is 0 Å². The third kappa shape index (κ3) is 4.74. The van der Waals surface area contributed by atoms with Gasteiger partial charge in [0.2, 0.25) is 5.91 Å². The lowest BCUT2D eigenvalue weighted by atomic mass is 10.1. The second kappa shape index (κ2) is 9.45. The highest BCUT2D eigenvalue weighted by atomic mass is 35.5. The molecule has 0 aliphatic carbocycles. The summed E-state index contributed by atoms with van der Waals surface area (Å²) in [5, 5.41) is 7.62. The molecule has 8 heteroatoms. The maximum atomic E-state index is 12.8. The van der Waals surface area contributed by atoms with Crippen LogP contribution in [0.15, 0.2) is 42.6 Å². The number of nitrogens with zero attached hydrogens (tertiary/aromatic N) is 4. The number of nitrogens with one attached hydrogen (secondary N) is 1. The van der Waals surface area contributed by atoms with Gasteiger partial charge in [-0.1, -0.05) is 36.2 Å². The lowest BCUT2D eigenvalue weighted by Gasteiger charge is -2.28. The summed E-state index contributed by atoms with van der Waals surface area (Å²) in [6, 6.07) is 7.09. The van der Waals surface area contributed by atoms with Gasteiger partial charge in [0.1, 0.15) is 0 Å². The third-order valence-electron chi connectivity index (χ3n) is 5.62. The molecule has 3 heterocycles. The number of carbonyl (C=O) groups excluding carboxylic acids is 2. The summed E-state index contributed by atoms with van der Waals surface area (Å²) in [4.78, 5) is 29.6. The summed E-state index contributed by atoms with van der Waals surface area (Å²) in [7, 11) is 0. The van der Waals surface area contributed by atoms with E-state index in [1.54, 1.807) is 34.0 Å². The molecule has 0 radical (unpaired) electrons. The number of halogens is 1. The number of hydrogen-bond acceptors (Lipinski definition) is 4. The lowest BCUT2D eigenvalue weighted by molar-refractivity contribution is -0.127. The number of rotatable bonds is 5. The van der Waals surface area contributed by atoms with Crippen LogP contribution in [0.1, 0.15) is 35.3 Å². The zero-order valence-electron chi connectivity index (χ0n) is 16.9. The summed E-state index contributed by atoms with van der Waals surface area (Å²) in [6.07, 6.45) is 8.93. The van der Waals surface area contributed by atoms with Gasteiger partial charge in [0.05, 0.1) is 41.3 Å². The maximum Gasteiger partial charge on any atom is 0.259 e. The van der Waals surface area contributed by atoms with E-state index >= 15 is 0 Å². The molecule has 1 N–H and O–H groups in total. The monoisotopic (exact) mass is 427 g/mol. The number of benzene rings is 1. The van der Waals surface area contributed by atoms with Crippen molar-refractivity contribution in [2.75, 3.05) is 31.5 Å². The Balaban J connectivity index is 1.39. The Hall–Kier alpha value is -2.64. The second-order valence-corrected chi connectivity index (χ2v) is 8.09. The molecule has 0 bridgehead atoms. The van der Waals surface area contributed by atoms with Crippen LogP contribution in [0.25, 0.3) is 0 Å². The van der Waals surface area contributed by atoms with Crippen molar-refractivity contribution >= 4 is 29.1 Å². The van der Waals surface area contributed by atoms with E-state index in [9.17, 15) is 9.59 Å². The Labute approximate surface area is 181 Å². The standard InChI is InChI=1S/C22H26ClN5O2/c23-18-7-2-3-8-19(18)25-22(30)17-15-24-28-14-13-27(16-20(17)28)21(29)9-6-12-26-10-4-1-5-11-26/h2-3,6-9,15H,1,4-5,10-14,16H2,(H,25,30)/b9-6+. The van der Waals surface area contributed by atoms with E-state index in [0.717, 1.165) is 25.3 Å². The number of aromatic nitrogens is 2. The first-order valence-corrected chi connectivity index (χ1v) is 10.8. The van der Waals surface area contributed by atoms with E-state index in [-0.39, 0.29) is 11.8 Å². The van der Waals surface area contributed by atoms with Crippen LogP contribution < -0.4 is 5.32 Å². The topological polar surface area (TPSA) is 70.5 Å². The molecule has 7 nitrogen and oxygen atoms in total. The Morgan fingerprint density at radius 2 is 1.90 bits per heavy atom. The first-order chi connectivity index (χ1) is 14.6. The molecule has 0 saturated carbocycles. The van der Waals surface area contributed by atoms with Gasteiger partial charge in [0.25, 0.3) is 5.91 Å². The van der Waals surface area contributed by atoms with Gasteiger partial charge in [0, 0.05) is 19.2 Å². The molecule has 2 aromatic rings. The SMILES string of the molecule is O=C(Nc1ccccc1Cl)c1cnn2c1CN(C(=O)/C=C/CN1CCCCC1)CC2.